The molecule has 1 amide bonds. The number of ether oxygens (including phenoxy) is 1. The smallest absolute Gasteiger partial charge is 0.407 e. The lowest BCUT2D eigenvalue weighted by molar-refractivity contribution is 0.0702. The summed E-state index contributed by atoms with van der Waals surface area (Å²) in [5, 5.41) is 12.6. The molecule has 0 unspecified atom stereocenters. The standard InChI is InChI=1S/C18H15NO4S/c20-17(21)16-9-14-7-6-13(8-15(14)24-16)10-19-18(22)23-11-12-4-2-1-3-5-12/h1-9H,10-11H2,(H,19,22)(H,20,21). The van der Waals surface area contributed by atoms with E-state index in [2.05, 4.69) is 5.32 Å². The zero-order chi connectivity index (χ0) is 16.9. The van der Waals surface area contributed by atoms with Crippen LogP contribution in [-0.4, -0.2) is 17.2 Å². The number of rotatable bonds is 5. The number of fused-ring (bicyclic) bond motifs is 1. The molecule has 6 heteroatoms. The molecular weight excluding hydrogens is 326 g/mol. The van der Waals surface area contributed by atoms with Crippen molar-refractivity contribution in [3.63, 3.8) is 0 Å². The molecule has 3 rings (SSSR count). The summed E-state index contributed by atoms with van der Waals surface area (Å²) < 4.78 is 6.03. The minimum atomic E-state index is -0.930. The van der Waals surface area contributed by atoms with Crippen molar-refractivity contribution in [3.05, 3.63) is 70.6 Å². The molecule has 122 valence electrons. The fourth-order valence-electron chi connectivity index (χ4n) is 2.24. The SMILES string of the molecule is O=C(NCc1ccc2cc(C(=O)O)sc2c1)OCc1ccccc1. The van der Waals surface area contributed by atoms with E-state index in [0.29, 0.717) is 11.4 Å². The molecule has 0 saturated heterocycles. The van der Waals surface area contributed by atoms with Crippen molar-refractivity contribution in [1.82, 2.24) is 5.32 Å². The highest BCUT2D eigenvalue weighted by Gasteiger charge is 2.09. The summed E-state index contributed by atoms with van der Waals surface area (Å²) in [5.74, 6) is -0.930. The van der Waals surface area contributed by atoms with Crippen molar-refractivity contribution < 1.29 is 19.4 Å². The summed E-state index contributed by atoms with van der Waals surface area (Å²) in [6.45, 7) is 0.544. The predicted molar refractivity (Wildman–Crippen MR) is 92.3 cm³/mol. The fourth-order valence-corrected chi connectivity index (χ4v) is 3.20. The van der Waals surface area contributed by atoms with Gasteiger partial charge in [0, 0.05) is 11.2 Å². The van der Waals surface area contributed by atoms with Crippen LogP contribution in [0, 0.1) is 0 Å². The Morgan fingerprint density at radius 2 is 1.83 bits per heavy atom. The number of carboxylic acids is 1. The number of amides is 1. The lowest BCUT2D eigenvalue weighted by Gasteiger charge is -2.07. The molecule has 24 heavy (non-hydrogen) atoms. The Bertz CT molecular complexity index is 873. The van der Waals surface area contributed by atoms with Gasteiger partial charge in [-0.05, 0) is 28.6 Å². The van der Waals surface area contributed by atoms with Crippen LogP contribution in [0.5, 0.6) is 0 Å². The van der Waals surface area contributed by atoms with Crippen LogP contribution in [0.1, 0.15) is 20.8 Å². The van der Waals surface area contributed by atoms with E-state index in [0.717, 1.165) is 21.2 Å². The largest absolute Gasteiger partial charge is 0.477 e. The number of carboxylic acid groups (broad SMARTS) is 1. The second-order valence-electron chi connectivity index (χ2n) is 5.20. The molecule has 0 saturated carbocycles. The molecule has 0 bridgehead atoms. The van der Waals surface area contributed by atoms with E-state index in [-0.39, 0.29) is 6.61 Å². The molecule has 0 aliphatic rings. The molecule has 5 nitrogen and oxygen atoms in total. The van der Waals surface area contributed by atoms with Crippen LogP contribution in [0.15, 0.2) is 54.6 Å². The Kier molecular flexibility index (Phi) is 4.77. The predicted octanol–water partition coefficient (Wildman–Crippen LogP) is 4.03. The Labute approximate surface area is 142 Å². The van der Waals surface area contributed by atoms with Gasteiger partial charge >= 0.3 is 12.1 Å². The molecule has 1 aromatic heterocycles. The number of carbonyl (C=O) groups excluding carboxylic acids is 1. The van der Waals surface area contributed by atoms with Crippen LogP contribution in [0.3, 0.4) is 0 Å². The molecule has 1 heterocycles. The van der Waals surface area contributed by atoms with Gasteiger partial charge in [0.15, 0.2) is 0 Å². The van der Waals surface area contributed by atoms with Crippen molar-refractivity contribution in [2.45, 2.75) is 13.2 Å². The summed E-state index contributed by atoms with van der Waals surface area (Å²) in [7, 11) is 0. The van der Waals surface area contributed by atoms with E-state index in [1.165, 1.54) is 11.3 Å². The number of nitrogens with one attached hydrogen (secondary N) is 1. The highest BCUT2D eigenvalue weighted by molar-refractivity contribution is 7.20. The molecule has 0 aliphatic carbocycles. The number of thiophene rings is 1. The van der Waals surface area contributed by atoms with Gasteiger partial charge in [-0.1, -0.05) is 42.5 Å². The van der Waals surface area contributed by atoms with E-state index in [4.69, 9.17) is 9.84 Å². The van der Waals surface area contributed by atoms with Crippen molar-refractivity contribution in [2.75, 3.05) is 0 Å². The maximum Gasteiger partial charge on any atom is 0.407 e. The topological polar surface area (TPSA) is 75.6 Å². The van der Waals surface area contributed by atoms with E-state index in [1.54, 1.807) is 6.07 Å². The third kappa shape index (κ3) is 3.91. The second-order valence-corrected chi connectivity index (χ2v) is 6.29. The Hall–Kier alpha value is -2.86. The van der Waals surface area contributed by atoms with Crippen LogP contribution < -0.4 is 5.32 Å². The highest BCUT2D eigenvalue weighted by Crippen LogP contribution is 2.26. The van der Waals surface area contributed by atoms with Gasteiger partial charge in [0.2, 0.25) is 0 Å². The van der Waals surface area contributed by atoms with Crippen LogP contribution in [0.25, 0.3) is 10.1 Å². The van der Waals surface area contributed by atoms with Gasteiger partial charge < -0.3 is 15.2 Å². The molecule has 0 aliphatic heterocycles. The monoisotopic (exact) mass is 341 g/mol. The first kappa shape index (κ1) is 16.0. The first-order valence-corrected chi connectivity index (χ1v) is 8.14. The van der Waals surface area contributed by atoms with Gasteiger partial charge in [-0.3, -0.25) is 0 Å². The molecule has 0 spiro atoms. The lowest BCUT2D eigenvalue weighted by atomic mass is 10.2. The van der Waals surface area contributed by atoms with Crippen molar-refractivity contribution >= 4 is 33.5 Å². The third-order valence-electron chi connectivity index (χ3n) is 3.44. The average molecular weight is 341 g/mol. The number of benzene rings is 2. The molecule has 2 aromatic carbocycles. The van der Waals surface area contributed by atoms with Gasteiger partial charge in [-0.25, -0.2) is 9.59 Å². The third-order valence-corrected chi connectivity index (χ3v) is 4.53. The molecule has 0 atom stereocenters. The van der Waals surface area contributed by atoms with E-state index < -0.39 is 12.1 Å². The van der Waals surface area contributed by atoms with Gasteiger partial charge in [0.25, 0.3) is 0 Å². The van der Waals surface area contributed by atoms with Crippen molar-refractivity contribution in [3.8, 4) is 0 Å². The van der Waals surface area contributed by atoms with Gasteiger partial charge in [-0.15, -0.1) is 11.3 Å². The zero-order valence-corrected chi connectivity index (χ0v) is 13.5. The summed E-state index contributed by atoms with van der Waals surface area (Å²) in [4.78, 5) is 23.0. The number of aromatic carboxylic acids is 1. The first-order chi connectivity index (χ1) is 11.6. The average Bonchev–Trinajstić information content (AvgIpc) is 3.02. The van der Waals surface area contributed by atoms with Crippen LogP contribution in [-0.2, 0) is 17.9 Å². The minimum Gasteiger partial charge on any atom is -0.477 e. The quantitative estimate of drug-likeness (QED) is 0.735. The van der Waals surface area contributed by atoms with Crippen molar-refractivity contribution in [1.29, 1.82) is 0 Å². The van der Waals surface area contributed by atoms with E-state index in [1.807, 2.05) is 48.5 Å². The van der Waals surface area contributed by atoms with Gasteiger partial charge in [-0.2, -0.15) is 0 Å². The van der Waals surface area contributed by atoms with Crippen LogP contribution >= 0.6 is 11.3 Å². The van der Waals surface area contributed by atoms with Gasteiger partial charge in [0.1, 0.15) is 11.5 Å². The summed E-state index contributed by atoms with van der Waals surface area (Å²) in [6, 6.07) is 16.7. The van der Waals surface area contributed by atoms with E-state index in [9.17, 15) is 9.59 Å². The van der Waals surface area contributed by atoms with Crippen LogP contribution in [0.2, 0.25) is 0 Å². The number of carbonyl (C=O) groups is 2. The van der Waals surface area contributed by atoms with Crippen molar-refractivity contribution in [2.24, 2.45) is 0 Å². The highest BCUT2D eigenvalue weighted by atomic mass is 32.1. The maximum absolute atomic E-state index is 11.7. The Morgan fingerprint density at radius 3 is 2.58 bits per heavy atom. The zero-order valence-electron chi connectivity index (χ0n) is 12.7. The van der Waals surface area contributed by atoms with Crippen LogP contribution in [0.4, 0.5) is 4.79 Å². The molecule has 0 radical (unpaired) electrons. The Balaban J connectivity index is 1.56. The minimum absolute atomic E-state index is 0.221. The maximum atomic E-state index is 11.7. The molecule has 3 aromatic rings. The lowest BCUT2D eigenvalue weighted by Crippen LogP contribution is -2.23. The fraction of sp³-hybridized carbons (Fsp3) is 0.111. The first-order valence-electron chi connectivity index (χ1n) is 7.32. The summed E-state index contributed by atoms with van der Waals surface area (Å²) in [5.41, 5.74) is 1.81. The summed E-state index contributed by atoms with van der Waals surface area (Å²) >= 11 is 1.22. The number of alkyl carbamates (subject to hydrolysis) is 1. The molecule has 2 N–H and O–H groups in total. The molecular formula is C18H15NO4S. The second kappa shape index (κ2) is 7.14. The van der Waals surface area contributed by atoms with Gasteiger partial charge in [0.05, 0.1) is 0 Å². The number of hydrogen-bond donors (Lipinski definition) is 2. The Morgan fingerprint density at radius 1 is 1.04 bits per heavy atom. The normalized spacial score (nSPS) is 10.5. The molecule has 0 fully saturated rings. The summed E-state index contributed by atoms with van der Waals surface area (Å²) in [6.07, 6.45) is -0.489. The number of hydrogen-bond acceptors (Lipinski definition) is 4. The van der Waals surface area contributed by atoms with E-state index >= 15 is 0 Å².